The van der Waals surface area contributed by atoms with E-state index in [0.29, 0.717) is 0 Å². The summed E-state index contributed by atoms with van der Waals surface area (Å²) in [5, 5.41) is 2.45. The van der Waals surface area contributed by atoms with Gasteiger partial charge in [0, 0.05) is 6.04 Å². The molecule has 1 atom stereocenters. The van der Waals surface area contributed by atoms with Crippen molar-refractivity contribution < 1.29 is 4.74 Å². The highest BCUT2D eigenvalue weighted by atomic mass is 16.5. The van der Waals surface area contributed by atoms with Crippen LogP contribution in [0.3, 0.4) is 0 Å². The fourth-order valence-corrected chi connectivity index (χ4v) is 1.97. The zero-order valence-corrected chi connectivity index (χ0v) is 10.4. The predicted molar refractivity (Wildman–Crippen MR) is 72.5 cm³/mol. The lowest BCUT2D eigenvalue weighted by Gasteiger charge is -2.10. The summed E-state index contributed by atoms with van der Waals surface area (Å²) in [5.74, 6) is 0.899. The lowest BCUT2D eigenvalue weighted by molar-refractivity contribution is 0.415. The van der Waals surface area contributed by atoms with Crippen LogP contribution in [0, 0.1) is 0 Å². The van der Waals surface area contributed by atoms with Gasteiger partial charge in [0.15, 0.2) is 0 Å². The molecule has 2 aromatic carbocycles. The Hall–Kier alpha value is -1.54. The molecule has 2 N–H and O–H groups in total. The number of rotatable bonds is 4. The number of hydrogen-bond donors (Lipinski definition) is 1. The van der Waals surface area contributed by atoms with Crippen molar-refractivity contribution in [3.63, 3.8) is 0 Å². The second kappa shape index (κ2) is 5.19. The average molecular weight is 229 g/mol. The molecule has 0 aromatic heterocycles. The molecule has 0 aliphatic carbocycles. The molecule has 0 amide bonds. The van der Waals surface area contributed by atoms with Gasteiger partial charge in [0.1, 0.15) is 5.75 Å². The summed E-state index contributed by atoms with van der Waals surface area (Å²) >= 11 is 0. The van der Waals surface area contributed by atoms with Gasteiger partial charge in [0.05, 0.1) is 7.11 Å². The van der Waals surface area contributed by atoms with Crippen molar-refractivity contribution >= 4 is 10.8 Å². The Kier molecular flexibility index (Phi) is 3.64. The lowest BCUT2D eigenvalue weighted by atomic mass is 10.0. The SMILES string of the molecule is CCC(N)Cc1ccc2cc(OC)ccc2c1. The predicted octanol–water partition coefficient (Wildman–Crippen LogP) is 3.13. The van der Waals surface area contributed by atoms with Gasteiger partial charge in [-0.3, -0.25) is 0 Å². The molecule has 0 spiro atoms. The molecule has 2 heteroatoms. The normalized spacial score (nSPS) is 12.6. The van der Waals surface area contributed by atoms with Crippen LogP contribution in [0.1, 0.15) is 18.9 Å². The van der Waals surface area contributed by atoms with E-state index in [1.54, 1.807) is 7.11 Å². The highest BCUT2D eigenvalue weighted by Gasteiger charge is 2.03. The van der Waals surface area contributed by atoms with E-state index in [9.17, 15) is 0 Å². The first-order chi connectivity index (χ1) is 8.22. The number of hydrogen-bond acceptors (Lipinski definition) is 2. The summed E-state index contributed by atoms with van der Waals surface area (Å²) < 4.78 is 5.21. The van der Waals surface area contributed by atoms with Crippen LogP contribution in [0.5, 0.6) is 5.75 Å². The maximum atomic E-state index is 5.97. The molecule has 2 rings (SSSR count). The summed E-state index contributed by atoms with van der Waals surface area (Å²) in [6.45, 7) is 2.12. The van der Waals surface area contributed by atoms with Crippen LogP contribution in [0.4, 0.5) is 0 Å². The molecule has 0 saturated carbocycles. The van der Waals surface area contributed by atoms with Crippen LogP contribution in [0.15, 0.2) is 36.4 Å². The van der Waals surface area contributed by atoms with Crippen LogP contribution in [0.25, 0.3) is 10.8 Å². The Morgan fingerprint density at radius 3 is 2.53 bits per heavy atom. The summed E-state index contributed by atoms with van der Waals surface area (Å²) in [6, 6.07) is 12.9. The number of nitrogens with two attached hydrogens (primary N) is 1. The van der Waals surface area contributed by atoms with Gasteiger partial charge in [-0.15, -0.1) is 0 Å². The number of ether oxygens (including phenoxy) is 1. The second-order valence-electron chi connectivity index (χ2n) is 4.42. The minimum absolute atomic E-state index is 0.255. The van der Waals surface area contributed by atoms with E-state index in [1.165, 1.54) is 16.3 Å². The Balaban J connectivity index is 2.31. The van der Waals surface area contributed by atoms with Crippen molar-refractivity contribution in [2.45, 2.75) is 25.8 Å². The van der Waals surface area contributed by atoms with Crippen molar-refractivity contribution in [3.05, 3.63) is 42.0 Å². The van der Waals surface area contributed by atoms with Gasteiger partial charge < -0.3 is 10.5 Å². The molecular formula is C15H19NO. The zero-order chi connectivity index (χ0) is 12.3. The molecule has 0 heterocycles. The van der Waals surface area contributed by atoms with Crippen molar-refractivity contribution in [3.8, 4) is 5.75 Å². The summed E-state index contributed by atoms with van der Waals surface area (Å²) in [7, 11) is 1.69. The zero-order valence-electron chi connectivity index (χ0n) is 10.4. The third-order valence-electron chi connectivity index (χ3n) is 3.13. The van der Waals surface area contributed by atoms with Gasteiger partial charge >= 0.3 is 0 Å². The van der Waals surface area contributed by atoms with Gasteiger partial charge in [-0.05, 0) is 41.3 Å². The van der Waals surface area contributed by atoms with Crippen molar-refractivity contribution in [2.24, 2.45) is 5.73 Å². The molecule has 1 unspecified atom stereocenters. The maximum Gasteiger partial charge on any atom is 0.119 e. The molecule has 0 aliphatic heterocycles. The third-order valence-corrected chi connectivity index (χ3v) is 3.13. The molecule has 0 radical (unpaired) electrons. The van der Waals surface area contributed by atoms with Gasteiger partial charge in [-0.2, -0.15) is 0 Å². The Bertz CT molecular complexity index is 507. The van der Waals surface area contributed by atoms with E-state index in [-0.39, 0.29) is 6.04 Å². The molecule has 17 heavy (non-hydrogen) atoms. The first-order valence-corrected chi connectivity index (χ1v) is 6.05. The molecule has 0 fully saturated rings. The lowest BCUT2D eigenvalue weighted by Crippen LogP contribution is -2.21. The summed E-state index contributed by atoms with van der Waals surface area (Å²) in [4.78, 5) is 0. The van der Waals surface area contributed by atoms with E-state index >= 15 is 0 Å². The third kappa shape index (κ3) is 2.77. The van der Waals surface area contributed by atoms with E-state index in [2.05, 4.69) is 37.3 Å². The summed E-state index contributed by atoms with van der Waals surface area (Å²) in [5.41, 5.74) is 7.28. The highest BCUT2D eigenvalue weighted by Crippen LogP contribution is 2.22. The molecule has 90 valence electrons. The molecule has 2 aromatic rings. The number of benzene rings is 2. The first kappa shape index (κ1) is 11.9. The standard InChI is InChI=1S/C15H19NO/c1-3-14(16)9-11-4-5-13-10-15(17-2)7-6-12(13)8-11/h4-8,10,14H,3,9,16H2,1-2H3. The number of fused-ring (bicyclic) bond motifs is 1. The topological polar surface area (TPSA) is 35.2 Å². The Morgan fingerprint density at radius 1 is 1.12 bits per heavy atom. The van der Waals surface area contributed by atoms with Crippen LogP contribution in [-0.2, 0) is 6.42 Å². The van der Waals surface area contributed by atoms with Gasteiger partial charge in [0.25, 0.3) is 0 Å². The van der Waals surface area contributed by atoms with Gasteiger partial charge in [-0.1, -0.05) is 31.2 Å². The first-order valence-electron chi connectivity index (χ1n) is 6.05. The molecule has 2 nitrogen and oxygen atoms in total. The van der Waals surface area contributed by atoms with Crippen molar-refractivity contribution in [1.82, 2.24) is 0 Å². The fraction of sp³-hybridized carbons (Fsp3) is 0.333. The van der Waals surface area contributed by atoms with E-state index in [1.807, 2.05) is 6.07 Å². The van der Waals surface area contributed by atoms with E-state index < -0.39 is 0 Å². The highest BCUT2D eigenvalue weighted by molar-refractivity contribution is 5.84. The van der Waals surface area contributed by atoms with Gasteiger partial charge in [0.2, 0.25) is 0 Å². The van der Waals surface area contributed by atoms with E-state index in [0.717, 1.165) is 18.6 Å². The molecule has 0 bridgehead atoms. The second-order valence-corrected chi connectivity index (χ2v) is 4.42. The molecule has 0 saturated heterocycles. The average Bonchev–Trinajstić information content (AvgIpc) is 2.38. The summed E-state index contributed by atoms with van der Waals surface area (Å²) in [6.07, 6.45) is 1.96. The van der Waals surface area contributed by atoms with Crippen LogP contribution in [0.2, 0.25) is 0 Å². The number of methoxy groups -OCH3 is 1. The monoisotopic (exact) mass is 229 g/mol. The van der Waals surface area contributed by atoms with Crippen molar-refractivity contribution in [2.75, 3.05) is 7.11 Å². The molecular weight excluding hydrogens is 210 g/mol. The maximum absolute atomic E-state index is 5.97. The van der Waals surface area contributed by atoms with Gasteiger partial charge in [-0.25, -0.2) is 0 Å². The van der Waals surface area contributed by atoms with Crippen molar-refractivity contribution in [1.29, 1.82) is 0 Å². The van der Waals surface area contributed by atoms with Crippen LogP contribution < -0.4 is 10.5 Å². The smallest absolute Gasteiger partial charge is 0.119 e. The van der Waals surface area contributed by atoms with Crippen LogP contribution in [-0.4, -0.2) is 13.2 Å². The molecule has 0 aliphatic rings. The van der Waals surface area contributed by atoms with E-state index in [4.69, 9.17) is 10.5 Å². The Morgan fingerprint density at radius 2 is 1.82 bits per heavy atom. The van der Waals surface area contributed by atoms with Crippen LogP contribution >= 0.6 is 0 Å². The largest absolute Gasteiger partial charge is 0.497 e. The Labute approximate surface area is 102 Å². The minimum atomic E-state index is 0.255. The quantitative estimate of drug-likeness (QED) is 0.874. The fourth-order valence-electron chi connectivity index (χ4n) is 1.97. The minimum Gasteiger partial charge on any atom is -0.497 e.